The van der Waals surface area contributed by atoms with Gasteiger partial charge in [-0.1, -0.05) is 71.2 Å². The fourth-order valence-electron chi connectivity index (χ4n) is 6.69. The Bertz CT molecular complexity index is 1990. The standard InChI is InChI=1S/C21H24N4O2S.C20H23N3OS.ClH/c22-20(26)23-16-10-13-25(14-11-16)12-9-15-5-7-17(8-6-15)27-21-24-18-3-1-2-4-19(18)28-21;21-16-10-13-23(14-11-16)12-9-15-5-7-17(8-6-15)24-20-22-18-3-1-2-4-19(18)25-20;/h1-8,16H,9-14H2,(H3,22,23,26);1-8,16H,9-14,21H2;1H. The molecule has 2 aliphatic rings. The summed E-state index contributed by atoms with van der Waals surface area (Å²) in [6.07, 6.45) is 6.21. The van der Waals surface area contributed by atoms with Crippen LogP contribution in [0.2, 0.25) is 0 Å². The van der Waals surface area contributed by atoms with Crippen LogP contribution in [0.3, 0.4) is 0 Å². The van der Waals surface area contributed by atoms with Crippen LogP contribution in [0.15, 0.2) is 97.1 Å². The van der Waals surface area contributed by atoms with Crippen LogP contribution in [0.25, 0.3) is 20.4 Å². The van der Waals surface area contributed by atoms with Crippen molar-refractivity contribution in [2.75, 3.05) is 39.3 Å². The van der Waals surface area contributed by atoms with Crippen molar-refractivity contribution in [2.24, 2.45) is 11.5 Å². The summed E-state index contributed by atoms with van der Waals surface area (Å²) in [6.45, 7) is 6.35. The van der Waals surface area contributed by atoms with Gasteiger partial charge in [-0.15, -0.1) is 12.4 Å². The van der Waals surface area contributed by atoms with E-state index in [0.717, 1.165) is 110 Å². The van der Waals surface area contributed by atoms with Crippen LogP contribution in [-0.2, 0) is 12.8 Å². The number of benzene rings is 4. The maximum atomic E-state index is 10.9. The van der Waals surface area contributed by atoms with E-state index in [1.807, 2.05) is 60.7 Å². The molecule has 0 unspecified atom stereocenters. The number of hydrogen-bond donors (Lipinski definition) is 3. The molecule has 10 nitrogen and oxygen atoms in total. The van der Waals surface area contributed by atoms with E-state index in [4.69, 9.17) is 20.9 Å². The van der Waals surface area contributed by atoms with Gasteiger partial charge in [-0.25, -0.2) is 14.8 Å². The molecule has 0 saturated carbocycles. The molecule has 0 bridgehead atoms. The predicted octanol–water partition coefficient (Wildman–Crippen LogP) is 8.24. The smallest absolute Gasteiger partial charge is 0.312 e. The summed E-state index contributed by atoms with van der Waals surface area (Å²) in [7, 11) is 0. The first-order valence-electron chi connectivity index (χ1n) is 18.4. The van der Waals surface area contributed by atoms with Crippen LogP contribution in [-0.4, -0.2) is 77.2 Å². The van der Waals surface area contributed by atoms with Crippen LogP contribution in [0.4, 0.5) is 4.79 Å². The Labute approximate surface area is 330 Å². The number of nitrogens with zero attached hydrogens (tertiary/aromatic N) is 4. The molecule has 6 aromatic rings. The van der Waals surface area contributed by atoms with Crippen molar-refractivity contribution in [3.63, 3.8) is 0 Å². The number of likely N-dealkylation sites (tertiary alicyclic amines) is 2. The molecule has 2 saturated heterocycles. The third-order valence-electron chi connectivity index (χ3n) is 9.81. The molecule has 4 aromatic carbocycles. The number of aromatic nitrogens is 2. The second-order valence-corrected chi connectivity index (χ2v) is 15.7. The van der Waals surface area contributed by atoms with E-state index in [2.05, 4.69) is 61.5 Å². The van der Waals surface area contributed by atoms with Gasteiger partial charge in [-0.2, -0.15) is 0 Å². The van der Waals surface area contributed by atoms with Gasteiger partial charge in [-0.05, 0) is 111 Å². The topological polar surface area (TPSA) is 132 Å². The minimum atomic E-state index is -0.424. The largest absolute Gasteiger partial charge is 0.431 e. The summed E-state index contributed by atoms with van der Waals surface area (Å²) in [4.78, 5) is 24.9. The van der Waals surface area contributed by atoms with Crippen LogP contribution < -0.4 is 26.3 Å². The minimum Gasteiger partial charge on any atom is -0.431 e. The van der Waals surface area contributed by atoms with Crippen LogP contribution in [0.1, 0.15) is 36.8 Å². The van der Waals surface area contributed by atoms with Crippen molar-refractivity contribution in [3.8, 4) is 21.9 Å². The number of nitrogens with one attached hydrogen (secondary N) is 1. The lowest BCUT2D eigenvalue weighted by Gasteiger charge is -2.31. The molecule has 2 fully saturated rings. The number of hydrogen-bond acceptors (Lipinski definition) is 10. The van der Waals surface area contributed by atoms with Gasteiger partial charge in [0.15, 0.2) is 0 Å². The molecule has 2 amide bonds. The first-order chi connectivity index (χ1) is 25.9. The molecule has 8 rings (SSSR count). The van der Waals surface area contributed by atoms with E-state index < -0.39 is 6.03 Å². The molecule has 2 aliphatic heterocycles. The molecule has 0 atom stereocenters. The average Bonchev–Trinajstić information content (AvgIpc) is 3.79. The first kappa shape index (κ1) is 39.4. The Morgan fingerprint density at radius 3 is 1.52 bits per heavy atom. The average molecular weight is 786 g/mol. The van der Waals surface area contributed by atoms with E-state index in [0.29, 0.717) is 16.4 Å². The molecular formula is C41H48ClN7O3S2. The summed E-state index contributed by atoms with van der Waals surface area (Å²) < 4.78 is 14.1. The molecule has 54 heavy (non-hydrogen) atoms. The fraction of sp³-hybridized carbons (Fsp3) is 0.341. The summed E-state index contributed by atoms with van der Waals surface area (Å²) in [5.74, 6) is 1.65. The summed E-state index contributed by atoms with van der Waals surface area (Å²) in [6, 6.07) is 32.9. The van der Waals surface area contributed by atoms with Crippen molar-refractivity contribution in [1.82, 2.24) is 25.1 Å². The number of thiazole rings is 2. The number of halogens is 1. The van der Waals surface area contributed by atoms with Crippen LogP contribution in [0, 0.1) is 0 Å². The van der Waals surface area contributed by atoms with Crippen LogP contribution in [0.5, 0.6) is 21.9 Å². The lowest BCUT2D eigenvalue weighted by molar-refractivity contribution is 0.196. The van der Waals surface area contributed by atoms with E-state index in [9.17, 15) is 4.79 Å². The zero-order valence-electron chi connectivity index (χ0n) is 30.3. The zero-order chi connectivity index (χ0) is 36.4. The van der Waals surface area contributed by atoms with Gasteiger partial charge in [-0.3, -0.25) is 0 Å². The molecule has 284 valence electrons. The number of para-hydroxylation sites is 2. The Morgan fingerprint density at radius 1 is 0.667 bits per heavy atom. The van der Waals surface area contributed by atoms with Crippen molar-refractivity contribution in [3.05, 3.63) is 108 Å². The number of amides is 2. The van der Waals surface area contributed by atoms with Crippen LogP contribution >= 0.6 is 35.1 Å². The van der Waals surface area contributed by atoms with E-state index in [-0.39, 0.29) is 18.4 Å². The highest BCUT2D eigenvalue weighted by Crippen LogP contribution is 2.32. The molecule has 0 radical (unpaired) electrons. The molecule has 0 spiro atoms. The molecular weight excluding hydrogens is 738 g/mol. The molecule has 5 N–H and O–H groups in total. The highest BCUT2D eigenvalue weighted by atomic mass is 35.5. The first-order valence-corrected chi connectivity index (χ1v) is 20.1. The Kier molecular flexibility index (Phi) is 14.1. The SMILES string of the molecule is Cl.NC(=O)NC1CCN(CCc2ccc(Oc3nc4ccccc4s3)cc2)CC1.NC1CCN(CCc2ccc(Oc3nc4ccccc4s3)cc2)CC1. The molecule has 13 heteroatoms. The fourth-order valence-corrected chi connectivity index (χ4v) is 8.36. The van der Waals surface area contributed by atoms with Gasteiger partial charge in [0.05, 0.1) is 20.4 Å². The van der Waals surface area contributed by atoms with Gasteiger partial charge >= 0.3 is 6.03 Å². The predicted molar refractivity (Wildman–Crippen MR) is 223 cm³/mol. The van der Waals surface area contributed by atoms with Crippen molar-refractivity contribution >= 4 is 61.5 Å². The number of fused-ring (bicyclic) bond motifs is 2. The molecule has 2 aromatic heterocycles. The highest BCUT2D eigenvalue weighted by Gasteiger charge is 2.20. The molecule has 4 heterocycles. The third-order valence-corrected chi connectivity index (χ3v) is 11.6. The Morgan fingerprint density at radius 2 is 1.09 bits per heavy atom. The number of ether oxygens (including phenoxy) is 2. The highest BCUT2D eigenvalue weighted by molar-refractivity contribution is 7.20. The van der Waals surface area contributed by atoms with Gasteiger partial charge < -0.3 is 36.1 Å². The second-order valence-electron chi connectivity index (χ2n) is 13.7. The number of carbonyl (C=O) groups excluding carboxylic acids is 1. The second kappa shape index (κ2) is 19.3. The van der Waals surface area contributed by atoms with Gasteiger partial charge in [0.2, 0.25) is 0 Å². The van der Waals surface area contributed by atoms with E-state index in [1.165, 1.54) is 11.1 Å². The molecule has 0 aliphatic carbocycles. The number of urea groups is 1. The van der Waals surface area contributed by atoms with E-state index >= 15 is 0 Å². The van der Waals surface area contributed by atoms with Gasteiger partial charge in [0.1, 0.15) is 11.5 Å². The maximum Gasteiger partial charge on any atom is 0.312 e. The summed E-state index contributed by atoms with van der Waals surface area (Å²) >= 11 is 3.13. The summed E-state index contributed by atoms with van der Waals surface area (Å²) in [5.41, 5.74) is 15.7. The third kappa shape index (κ3) is 11.4. The lowest BCUT2D eigenvalue weighted by atomic mass is 10.0. The Hall–Kier alpha value is -4.30. The Balaban J connectivity index is 0.000000182. The maximum absolute atomic E-state index is 10.9. The number of carbonyl (C=O) groups is 1. The number of piperidine rings is 2. The monoisotopic (exact) mass is 785 g/mol. The quantitative estimate of drug-likeness (QED) is 0.120. The van der Waals surface area contributed by atoms with Crippen molar-refractivity contribution in [1.29, 1.82) is 0 Å². The van der Waals surface area contributed by atoms with Gasteiger partial charge in [0, 0.05) is 38.3 Å². The van der Waals surface area contributed by atoms with Crippen molar-refractivity contribution < 1.29 is 14.3 Å². The number of rotatable bonds is 11. The lowest BCUT2D eigenvalue weighted by Crippen LogP contribution is -2.46. The number of primary amides is 1. The zero-order valence-corrected chi connectivity index (χ0v) is 32.7. The van der Waals surface area contributed by atoms with Crippen molar-refractivity contribution in [2.45, 2.75) is 50.6 Å². The minimum absolute atomic E-state index is 0. The normalized spacial score (nSPS) is 15.6. The van der Waals surface area contributed by atoms with E-state index in [1.54, 1.807) is 22.7 Å². The van der Waals surface area contributed by atoms with Gasteiger partial charge in [0.25, 0.3) is 10.4 Å². The summed E-state index contributed by atoms with van der Waals surface area (Å²) in [5, 5.41) is 4.17. The number of nitrogens with two attached hydrogens (primary N) is 2.